The van der Waals surface area contributed by atoms with Crippen LogP contribution in [0.1, 0.15) is 10.4 Å². The SMILES string of the molecule is COc1cccc(C(=O)Oc2ccc(I)cc2)c1. The predicted octanol–water partition coefficient (Wildman–Crippen LogP) is 3.52. The molecule has 0 N–H and O–H groups in total. The van der Waals surface area contributed by atoms with Crippen molar-refractivity contribution in [2.45, 2.75) is 0 Å². The standard InChI is InChI=1S/C14H11IO3/c1-17-13-4-2-3-10(9-13)14(16)18-12-7-5-11(15)6-8-12/h2-9H,1H3. The molecule has 0 bridgehead atoms. The molecule has 2 aromatic carbocycles. The van der Waals surface area contributed by atoms with Gasteiger partial charge in [0.15, 0.2) is 0 Å². The molecule has 92 valence electrons. The second-order valence-corrected chi connectivity index (χ2v) is 4.82. The van der Waals surface area contributed by atoms with Crippen LogP contribution in [0.4, 0.5) is 0 Å². The minimum atomic E-state index is -0.393. The van der Waals surface area contributed by atoms with Crippen LogP contribution in [0, 0.1) is 3.57 Å². The van der Waals surface area contributed by atoms with E-state index in [0.29, 0.717) is 17.1 Å². The third-order valence-electron chi connectivity index (χ3n) is 2.33. The first-order valence-electron chi connectivity index (χ1n) is 5.31. The summed E-state index contributed by atoms with van der Waals surface area (Å²) in [6.45, 7) is 0. The van der Waals surface area contributed by atoms with E-state index in [4.69, 9.17) is 9.47 Å². The van der Waals surface area contributed by atoms with Gasteiger partial charge in [0.25, 0.3) is 0 Å². The van der Waals surface area contributed by atoms with Crippen molar-refractivity contribution in [1.29, 1.82) is 0 Å². The van der Waals surface area contributed by atoms with Crippen molar-refractivity contribution in [1.82, 2.24) is 0 Å². The lowest BCUT2D eigenvalue weighted by Gasteiger charge is -2.05. The van der Waals surface area contributed by atoms with E-state index in [-0.39, 0.29) is 0 Å². The average molecular weight is 354 g/mol. The fourth-order valence-electron chi connectivity index (χ4n) is 1.42. The van der Waals surface area contributed by atoms with Gasteiger partial charge in [0.1, 0.15) is 11.5 Å². The van der Waals surface area contributed by atoms with E-state index < -0.39 is 5.97 Å². The first kappa shape index (κ1) is 12.9. The lowest BCUT2D eigenvalue weighted by atomic mass is 10.2. The van der Waals surface area contributed by atoms with Crippen LogP contribution >= 0.6 is 22.6 Å². The Morgan fingerprint density at radius 1 is 1.06 bits per heavy atom. The lowest BCUT2D eigenvalue weighted by molar-refractivity contribution is 0.0734. The van der Waals surface area contributed by atoms with Gasteiger partial charge in [-0.15, -0.1) is 0 Å². The van der Waals surface area contributed by atoms with Crippen LogP contribution in [0.3, 0.4) is 0 Å². The number of ether oxygens (including phenoxy) is 2. The van der Waals surface area contributed by atoms with Crippen LogP contribution < -0.4 is 9.47 Å². The Morgan fingerprint density at radius 2 is 1.78 bits per heavy atom. The van der Waals surface area contributed by atoms with Crippen LogP contribution in [-0.2, 0) is 0 Å². The van der Waals surface area contributed by atoms with E-state index in [9.17, 15) is 4.79 Å². The minimum Gasteiger partial charge on any atom is -0.497 e. The largest absolute Gasteiger partial charge is 0.497 e. The molecule has 0 atom stereocenters. The van der Waals surface area contributed by atoms with Gasteiger partial charge in [-0.3, -0.25) is 0 Å². The van der Waals surface area contributed by atoms with Crippen molar-refractivity contribution in [3.05, 3.63) is 57.7 Å². The van der Waals surface area contributed by atoms with Crippen LogP contribution in [-0.4, -0.2) is 13.1 Å². The molecule has 0 unspecified atom stereocenters. The smallest absolute Gasteiger partial charge is 0.343 e. The van der Waals surface area contributed by atoms with Crippen LogP contribution in [0.5, 0.6) is 11.5 Å². The zero-order chi connectivity index (χ0) is 13.0. The Kier molecular flexibility index (Phi) is 4.19. The highest BCUT2D eigenvalue weighted by molar-refractivity contribution is 14.1. The van der Waals surface area contributed by atoms with E-state index in [0.717, 1.165) is 3.57 Å². The zero-order valence-corrected chi connectivity index (χ0v) is 11.9. The molecule has 0 saturated carbocycles. The maximum Gasteiger partial charge on any atom is 0.343 e. The van der Waals surface area contributed by atoms with Crippen molar-refractivity contribution in [2.24, 2.45) is 0 Å². The third-order valence-corrected chi connectivity index (χ3v) is 3.05. The summed E-state index contributed by atoms with van der Waals surface area (Å²) >= 11 is 2.19. The van der Waals surface area contributed by atoms with Gasteiger partial charge in [0.05, 0.1) is 12.7 Å². The number of hydrogen-bond donors (Lipinski definition) is 0. The van der Waals surface area contributed by atoms with Gasteiger partial charge in [-0.1, -0.05) is 6.07 Å². The summed E-state index contributed by atoms with van der Waals surface area (Å²) in [4.78, 5) is 11.9. The number of hydrogen-bond acceptors (Lipinski definition) is 3. The first-order chi connectivity index (χ1) is 8.69. The van der Waals surface area contributed by atoms with Crippen molar-refractivity contribution in [3.8, 4) is 11.5 Å². The highest BCUT2D eigenvalue weighted by Gasteiger charge is 2.09. The van der Waals surface area contributed by atoms with Gasteiger partial charge in [-0.2, -0.15) is 0 Å². The topological polar surface area (TPSA) is 35.5 Å². The molecule has 0 aromatic heterocycles. The highest BCUT2D eigenvalue weighted by Crippen LogP contribution is 2.17. The molecule has 0 aliphatic rings. The fraction of sp³-hybridized carbons (Fsp3) is 0.0714. The van der Waals surface area contributed by atoms with Gasteiger partial charge >= 0.3 is 5.97 Å². The molecule has 0 fully saturated rings. The number of halogens is 1. The summed E-state index contributed by atoms with van der Waals surface area (Å²) in [5.74, 6) is 0.769. The van der Waals surface area contributed by atoms with E-state index in [1.54, 1.807) is 43.5 Å². The highest BCUT2D eigenvalue weighted by atomic mass is 127. The Hall–Kier alpha value is -1.56. The molecular weight excluding hydrogens is 343 g/mol. The Labute approximate surface area is 119 Å². The zero-order valence-electron chi connectivity index (χ0n) is 9.72. The Balaban J connectivity index is 2.14. The number of carbonyl (C=O) groups excluding carboxylic acids is 1. The first-order valence-corrected chi connectivity index (χ1v) is 6.39. The van der Waals surface area contributed by atoms with Gasteiger partial charge in [-0.05, 0) is 65.1 Å². The predicted molar refractivity (Wildman–Crippen MR) is 77.1 cm³/mol. The summed E-state index contributed by atoms with van der Waals surface area (Å²) in [5, 5.41) is 0. The summed E-state index contributed by atoms with van der Waals surface area (Å²) in [5.41, 5.74) is 0.466. The monoisotopic (exact) mass is 354 g/mol. The second-order valence-electron chi connectivity index (χ2n) is 3.58. The van der Waals surface area contributed by atoms with E-state index >= 15 is 0 Å². The van der Waals surface area contributed by atoms with Crippen LogP contribution in [0.25, 0.3) is 0 Å². The Bertz CT molecular complexity index is 549. The van der Waals surface area contributed by atoms with E-state index in [1.165, 1.54) is 0 Å². The van der Waals surface area contributed by atoms with E-state index in [2.05, 4.69) is 22.6 Å². The number of benzene rings is 2. The van der Waals surface area contributed by atoms with Gasteiger partial charge in [-0.25, -0.2) is 4.79 Å². The maximum atomic E-state index is 11.9. The molecular formula is C14H11IO3. The molecule has 0 aliphatic carbocycles. The summed E-state index contributed by atoms with van der Waals surface area (Å²) < 4.78 is 11.4. The van der Waals surface area contributed by atoms with Gasteiger partial charge < -0.3 is 9.47 Å². The van der Waals surface area contributed by atoms with Gasteiger partial charge in [0, 0.05) is 3.57 Å². The van der Waals surface area contributed by atoms with E-state index in [1.807, 2.05) is 12.1 Å². The molecule has 4 heteroatoms. The third kappa shape index (κ3) is 3.22. The van der Waals surface area contributed by atoms with Crippen molar-refractivity contribution in [3.63, 3.8) is 0 Å². The summed E-state index contributed by atoms with van der Waals surface area (Å²) in [7, 11) is 1.56. The second kappa shape index (κ2) is 5.86. The molecule has 3 nitrogen and oxygen atoms in total. The summed E-state index contributed by atoms with van der Waals surface area (Å²) in [6.07, 6.45) is 0. The van der Waals surface area contributed by atoms with Crippen molar-refractivity contribution < 1.29 is 14.3 Å². The molecule has 0 heterocycles. The quantitative estimate of drug-likeness (QED) is 0.481. The molecule has 0 saturated heterocycles. The van der Waals surface area contributed by atoms with Gasteiger partial charge in [0.2, 0.25) is 0 Å². The van der Waals surface area contributed by atoms with Crippen molar-refractivity contribution >= 4 is 28.6 Å². The number of carbonyl (C=O) groups is 1. The molecule has 0 radical (unpaired) electrons. The minimum absolute atomic E-state index is 0.393. The average Bonchev–Trinajstić information content (AvgIpc) is 2.41. The molecule has 2 aromatic rings. The van der Waals surface area contributed by atoms with Crippen molar-refractivity contribution in [2.75, 3.05) is 7.11 Å². The Morgan fingerprint density at radius 3 is 2.44 bits per heavy atom. The van der Waals surface area contributed by atoms with Crippen LogP contribution in [0.15, 0.2) is 48.5 Å². The fourth-order valence-corrected chi connectivity index (χ4v) is 1.78. The normalized spacial score (nSPS) is 9.89. The lowest BCUT2D eigenvalue weighted by Crippen LogP contribution is -2.08. The summed E-state index contributed by atoms with van der Waals surface area (Å²) in [6, 6.07) is 14.2. The van der Waals surface area contributed by atoms with Crippen LogP contribution in [0.2, 0.25) is 0 Å². The maximum absolute atomic E-state index is 11.9. The molecule has 18 heavy (non-hydrogen) atoms. The molecule has 0 aliphatic heterocycles. The number of methoxy groups -OCH3 is 1. The molecule has 0 amide bonds. The molecule has 2 rings (SSSR count). The molecule has 0 spiro atoms. The number of esters is 1. The number of rotatable bonds is 3.